The number of fused-ring (bicyclic) bond motifs is 1. The number of amides is 1. The van der Waals surface area contributed by atoms with Crippen LogP contribution in [0.15, 0.2) is 83.7 Å². The third-order valence-electron chi connectivity index (χ3n) is 5.62. The molecule has 34 heavy (non-hydrogen) atoms. The number of hydrogen-bond acceptors (Lipinski definition) is 4. The second kappa shape index (κ2) is 8.92. The molecule has 0 aliphatic carbocycles. The molecule has 0 fully saturated rings. The van der Waals surface area contributed by atoms with Gasteiger partial charge in [0.1, 0.15) is 5.82 Å². The number of aromatic nitrogens is 4. The maximum atomic E-state index is 13.2. The highest BCUT2D eigenvalue weighted by Gasteiger charge is 2.16. The van der Waals surface area contributed by atoms with E-state index in [0.717, 1.165) is 22.4 Å². The van der Waals surface area contributed by atoms with Crippen molar-refractivity contribution < 1.29 is 4.79 Å². The predicted molar refractivity (Wildman–Crippen MR) is 136 cm³/mol. The van der Waals surface area contributed by atoms with Gasteiger partial charge < -0.3 is 10.3 Å². The Morgan fingerprint density at radius 2 is 1.76 bits per heavy atom. The van der Waals surface area contributed by atoms with Gasteiger partial charge in [-0.05, 0) is 48.5 Å². The predicted octanol–water partition coefficient (Wildman–Crippen LogP) is 5.06. The molecule has 2 aromatic heterocycles. The number of rotatable bonds is 5. The van der Waals surface area contributed by atoms with Crippen LogP contribution in [0, 0.1) is 11.7 Å². The maximum Gasteiger partial charge on any atom is 0.259 e. The van der Waals surface area contributed by atoms with Crippen molar-refractivity contribution >= 4 is 34.8 Å². The highest BCUT2D eigenvalue weighted by molar-refractivity contribution is 7.71. The molecule has 7 nitrogen and oxygen atoms in total. The summed E-state index contributed by atoms with van der Waals surface area (Å²) in [4.78, 5) is 30.7. The molecule has 0 radical (unpaired) electrons. The lowest BCUT2D eigenvalue weighted by molar-refractivity contribution is 0.102. The molecule has 5 aromatic rings. The number of carbonyl (C=O) groups excluding carboxylic acids is 1. The number of aromatic amines is 2. The van der Waals surface area contributed by atoms with Crippen molar-refractivity contribution in [3.63, 3.8) is 0 Å². The average Bonchev–Trinajstić information content (AvgIpc) is 3.21. The monoisotopic (exact) mass is 467 g/mol. The van der Waals surface area contributed by atoms with Crippen LogP contribution in [0.1, 0.15) is 21.5 Å². The minimum Gasteiger partial charge on any atom is -0.332 e. The molecule has 3 aromatic carbocycles. The van der Waals surface area contributed by atoms with Gasteiger partial charge in [-0.15, -0.1) is 0 Å². The molecule has 0 unspecified atom stereocenters. The van der Waals surface area contributed by atoms with Crippen molar-refractivity contribution in [1.29, 1.82) is 0 Å². The fraction of sp³-hybridized carbons (Fsp3) is 0.0769. The lowest BCUT2D eigenvalue weighted by atomic mass is 10.1. The third kappa shape index (κ3) is 4.31. The highest BCUT2D eigenvalue weighted by atomic mass is 32.1. The normalized spacial score (nSPS) is 11.0. The van der Waals surface area contributed by atoms with E-state index in [1.165, 1.54) is 0 Å². The lowest BCUT2D eigenvalue weighted by Gasteiger charge is -2.09. The van der Waals surface area contributed by atoms with E-state index in [-0.39, 0.29) is 16.2 Å². The van der Waals surface area contributed by atoms with Crippen molar-refractivity contribution in [2.75, 3.05) is 5.32 Å². The number of anilines is 1. The zero-order valence-corrected chi connectivity index (χ0v) is 19.1. The van der Waals surface area contributed by atoms with Crippen LogP contribution in [0.3, 0.4) is 0 Å². The minimum absolute atomic E-state index is 0.207. The number of H-pyrrole nitrogens is 2. The Hall–Kier alpha value is -4.30. The van der Waals surface area contributed by atoms with Crippen molar-refractivity contribution in [1.82, 2.24) is 19.7 Å². The Morgan fingerprint density at radius 1 is 1.00 bits per heavy atom. The molecule has 0 aliphatic heterocycles. The van der Waals surface area contributed by atoms with Gasteiger partial charge in [0.25, 0.3) is 11.5 Å². The first-order valence-corrected chi connectivity index (χ1v) is 11.1. The molecule has 0 atom stereocenters. The summed E-state index contributed by atoms with van der Waals surface area (Å²) in [6.45, 7) is 2.53. The van der Waals surface area contributed by atoms with Crippen LogP contribution < -0.4 is 10.9 Å². The Labute approximate surface area is 200 Å². The first-order valence-electron chi connectivity index (χ1n) is 10.7. The largest absolute Gasteiger partial charge is 0.332 e. The van der Waals surface area contributed by atoms with Gasteiger partial charge in [0, 0.05) is 17.2 Å². The average molecular weight is 468 g/mol. The molecule has 0 aliphatic rings. The van der Waals surface area contributed by atoms with Gasteiger partial charge in [0.15, 0.2) is 4.77 Å². The summed E-state index contributed by atoms with van der Waals surface area (Å²) in [5, 5.41) is 8.21. The highest BCUT2D eigenvalue weighted by Crippen LogP contribution is 2.26. The summed E-state index contributed by atoms with van der Waals surface area (Å²) in [6, 6.07) is 24.7. The molecular weight excluding hydrogens is 446 g/mol. The summed E-state index contributed by atoms with van der Waals surface area (Å²) >= 11 is 5.06. The van der Waals surface area contributed by atoms with Gasteiger partial charge in [-0.3, -0.25) is 14.6 Å². The van der Waals surface area contributed by atoms with Crippen LogP contribution in [-0.2, 0) is 6.54 Å². The quantitative estimate of drug-likeness (QED) is 0.315. The third-order valence-corrected chi connectivity index (χ3v) is 5.82. The second-order valence-electron chi connectivity index (χ2n) is 8.00. The number of carbonyl (C=O) groups is 1. The molecule has 0 bridgehead atoms. The summed E-state index contributed by atoms with van der Waals surface area (Å²) in [7, 11) is 0. The number of nitrogens with one attached hydrogen (secondary N) is 3. The molecule has 168 valence electrons. The number of nitrogens with zero attached hydrogens (tertiary/aromatic N) is 2. The first-order chi connectivity index (χ1) is 16.5. The molecule has 3 N–H and O–H groups in total. The van der Waals surface area contributed by atoms with E-state index >= 15 is 0 Å². The van der Waals surface area contributed by atoms with E-state index in [4.69, 9.17) is 17.3 Å². The molecule has 1 amide bonds. The Bertz CT molecular complexity index is 1630. The smallest absolute Gasteiger partial charge is 0.259 e. The zero-order chi connectivity index (χ0) is 23.7. The molecule has 0 saturated heterocycles. The van der Waals surface area contributed by atoms with Crippen molar-refractivity contribution in [2.45, 2.75) is 13.5 Å². The van der Waals surface area contributed by atoms with Crippen LogP contribution >= 0.6 is 12.2 Å². The van der Waals surface area contributed by atoms with Gasteiger partial charge in [0.2, 0.25) is 0 Å². The van der Waals surface area contributed by atoms with Crippen LogP contribution in [0.5, 0.6) is 0 Å². The van der Waals surface area contributed by atoms with Gasteiger partial charge in [-0.1, -0.05) is 54.6 Å². The molecule has 2 heterocycles. The summed E-state index contributed by atoms with van der Waals surface area (Å²) < 4.78 is 1.99. The van der Waals surface area contributed by atoms with Crippen molar-refractivity contribution in [3.05, 3.63) is 111 Å². The number of aryl methyl sites for hydroxylation is 1. The van der Waals surface area contributed by atoms with Gasteiger partial charge >= 0.3 is 0 Å². The fourth-order valence-corrected chi connectivity index (χ4v) is 4.09. The van der Waals surface area contributed by atoms with E-state index < -0.39 is 0 Å². The molecule has 0 spiro atoms. The van der Waals surface area contributed by atoms with Crippen LogP contribution in [-0.4, -0.2) is 25.7 Å². The maximum absolute atomic E-state index is 13.2. The van der Waals surface area contributed by atoms with E-state index in [2.05, 4.69) is 15.3 Å². The van der Waals surface area contributed by atoms with Gasteiger partial charge in [-0.25, -0.2) is 4.68 Å². The van der Waals surface area contributed by atoms with Crippen molar-refractivity contribution in [2.24, 2.45) is 0 Å². The van der Waals surface area contributed by atoms with Crippen LogP contribution in [0.4, 0.5) is 5.82 Å². The molecule has 0 saturated carbocycles. The van der Waals surface area contributed by atoms with Crippen LogP contribution in [0.25, 0.3) is 22.2 Å². The summed E-state index contributed by atoms with van der Waals surface area (Å²) in [5.74, 6) is 0.262. The fourth-order valence-electron chi connectivity index (χ4n) is 3.89. The second-order valence-corrected chi connectivity index (χ2v) is 8.40. The Kier molecular flexibility index (Phi) is 5.65. The van der Waals surface area contributed by atoms with Gasteiger partial charge in [0.05, 0.1) is 23.1 Å². The van der Waals surface area contributed by atoms with E-state index in [9.17, 15) is 9.59 Å². The summed E-state index contributed by atoms with van der Waals surface area (Å²) in [5.41, 5.74) is 4.54. The van der Waals surface area contributed by atoms with Crippen molar-refractivity contribution in [3.8, 4) is 11.3 Å². The minimum atomic E-state index is -0.313. The topological polar surface area (TPSA) is 95.6 Å². The Morgan fingerprint density at radius 3 is 2.56 bits per heavy atom. The van der Waals surface area contributed by atoms with Crippen LogP contribution in [0.2, 0.25) is 0 Å². The SMILES string of the molecule is Cc1ccccc1-c1cc(NC(=O)c2ccc3c(=O)[nH]c(=S)[nH]c3c2)n(Cc2ccccc2)n1. The standard InChI is InChI=1S/C26H21N5O2S/c1-16-7-5-6-10-19(16)22-14-23(31(30-22)15-17-8-3-2-4-9-17)28-24(32)18-11-12-20-21(13-18)27-26(34)29-25(20)33/h2-14H,15H2,1H3,(H,28,32)(H2,27,29,33,34). The number of hydrogen-bond donors (Lipinski definition) is 3. The molecular formula is C26H21N5O2S. The van der Waals surface area contributed by atoms with E-state index in [1.54, 1.807) is 22.9 Å². The van der Waals surface area contributed by atoms with E-state index in [0.29, 0.717) is 28.8 Å². The molecule has 8 heteroatoms. The summed E-state index contributed by atoms with van der Waals surface area (Å²) in [6.07, 6.45) is 0. The van der Waals surface area contributed by atoms with Gasteiger partial charge in [-0.2, -0.15) is 5.10 Å². The zero-order valence-electron chi connectivity index (χ0n) is 18.3. The number of benzene rings is 3. The lowest BCUT2D eigenvalue weighted by Crippen LogP contribution is -2.17. The Balaban J connectivity index is 1.52. The first kappa shape index (κ1) is 21.5. The molecule has 5 rings (SSSR count). The van der Waals surface area contributed by atoms with E-state index in [1.807, 2.05) is 67.6 Å².